The molecular weight excluding hydrogens is 694 g/mol. The summed E-state index contributed by atoms with van der Waals surface area (Å²) in [5, 5.41) is 25.2. The van der Waals surface area contributed by atoms with Gasteiger partial charge >= 0.3 is 266 Å². The maximum absolute atomic E-state index is 12.7. The number of benzene rings is 2. The quantitative estimate of drug-likeness (QED) is 0.147. The number of aryl methyl sites for hydroxylation is 4. The van der Waals surface area contributed by atoms with E-state index in [4.69, 9.17) is 0 Å². The third-order valence-electron chi connectivity index (χ3n) is 7.01. The predicted octanol–water partition coefficient (Wildman–Crippen LogP) is 3.24. The van der Waals surface area contributed by atoms with Crippen LogP contribution in [0.25, 0.3) is 21.8 Å². The second-order valence-electron chi connectivity index (χ2n) is 10.1. The first kappa shape index (κ1) is 29.6. The summed E-state index contributed by atoms with van der Waals surface area (Å²) in [5.41, 5.74) is 4.25. The van der Waals surface area contributed by atoms with Gasteiger partial charge in [0.1, 0.15) is 0 Å². The predicted molar refractivity (Wildman–Crippen MR) is 173 cm³/mol. The molecule has 2 aromatic carbocycles. The van der Waals surface area contributed by atoms with Crippen LogP contribution >= 0.6 is 11.8 Å². The minimum atomic E-state index is -0.0617. The molecule has 0 aliphatic carbocycles. The van der Waals surface area contributed by atoms with Crippen LogP contribution in [0, 0.1) is 0 Å². The molecule has 220 valence electrons. The average molecular weight is 725 g/mol. The third-order valence-corrected chi connectivity index (χ3v) is 11.8. The van der Waals surface area contributed by atoms with E-state index >= 15 is 0 Å². The molecule has 0 aliphatic heterocycles. The van der Waals surface area contributed by atoms with E-state index in [9.17, 15) is 9.59 Å². The number of thioether (sulfide) groups is 1. The van der Waals surface area contributed by atoms with Crippen molar-refractivity contribution in [3.05, 3.63) is 81.2 Å². The molecule has 0 saturated heterocycles. The Morgan fingerprint density at radius 3 is 1.60 bits per heavy atom. The molecule has 6 rings (SSSR count). The van der Waals surface area contributed by atoms with Gasteiger partial charge in [-0.1, -0.05) is 0 Å². The van der Waals surface area contributed by atoms with Gasteiger partial charge in [-0.2, -0.15) is 0 Å². The van der Waals surface area contributed by atoms with Gasteiger partial charge in [0.25, 0.3) is 0 Å². The van der Waals surface area contributed by atoms with Crippen LogP contribution in [0.4, 0.5) is 9.38 Å². The Morgan fingerprint density at radius 1 is 0.698 bits per heavy atom. The number of amides is 2. The standard InChI is InChI=1S/C30H30N8O2SSe2/c1-37-17-19(21-7-3-5-9-23(21)37)15-25(39)31-29-35-33-27(42-29)11-13-41-14-12-28-34-36-30(43-28)32-26(40)16-20-18-38(2)24-10-6-4-8-22(20)24/h3-10,17-18H,11-16H2,1-2H3,(H,31,35,39)(H,32,36,40). The first-order chi connectivity index (χ1) is 20.9. The zero-order valence-electron chi connectivity index (χ0n) is 23.7. The number of carbonyl (C=O) groups excluding carboxylic acids is 2. The molecule has 0 unspecified atom stereocenters. The monoisotopic (exact) mass is 726 g/mol. The number of carbonyl (C=O) groups is 2. The molecule has 6 aromatic rings. The van der Waals surface area contributed by atoms with Gasteiger partial charge in [-0.15, -0.1) is 0 Å². The van der Waals surface area contributed by atoms with Gasteiger partial charge in [0, 0.05) is 0 Å². The van der Waals surface area contributed by atoms with Crippen molar-refractivity contribution in [2.45, 2.75) is 25.7 Å². The molecule has 13 heteroatoms. The molecule has 0 spiro atoms. The van der Waals surface area contributed by atoms with Crippen LogP contribution in [0.2, 0.25) is 0 Å². The summed E-state index contributed by atoms with van der Waals surface area (Å²) in [7, 11) is 3.99. The van der Waals surface area contributed by atoms with Crippen LogP contribution in [0.1, 0.15) is 20.3 Å². The van der Waals surface area contributed by atoms with Gasteiger partial charge in [-0.05, 0) is 0 Å². The van der Waals surface area contributed by atoms with Crippen molar-refractivity contribution in [1.29, 1.82) is 0 Å². The Kier molecular flexibility index (Phi) is 9.25. The molecule has 10 nitrogen and oxygen atoms in total. The van der Waals surface area contributed by atoms with E-state index in [1.807, 2.05) is 83.8 Å². The molecule has 4 aromatic heterocycles. The molecule has 43 heavy (non-hydrogen) atoms. The summed E-state index contributed by atoms with van der Waals surface area (Å²) in [6.45, 7) is 0. The van der Waals surface area contributed by atoms with Crippen LogP contribution in [-0.2, 0) is 49.4 Å². The number of nitrogens with zero attached hydrogens (tertiary/aromatic N) is 6. The van der Waals surface area contributed by atoms with Crippen molar-refractivity contribution >= 4 is 83.8 Å². The second-order valence-corrected chi connectivity index (χ2v) is 15.8. The Labute approximate surface area is 264 Å². The summed E-state index contributed by atoms with van der Waals surface area (Å²) >= 11 is 1.73. The van der Waals surface area contributed by atoms with E-state index in [2.05, 4.69) is 43.2 Å². The number of anilines is 2. The SMILES string of the molecule is Cn1cc(CC(=O)Nc2nnc(CCSCCc3nnc(NC(=O)Cc4cn(C)c5ccccc45)[se]3)[se]2)c2ccccc21. The van der Waals surface area contributed by atoms with E-state index in [1.165, 1.54) is 0 Å². The van der Waals surface area contributed by atoms with Gasteiger partial charge in [-0.25, -0.2) is 0 Å². The summed E-state index contributed by atoms with van der Waals surface area (Å²) < 4.78 is 7.53. The summed E-state index contributed by atoms with van der Waals surface area (Å²) in [6.07, 6.45) is 6.35. The molecule has 0 radical (unpaired) electrons. The number of rotatable bonds is 12. The van der Waals surface area contributed by atoms with Crippen molar-refractivity contribution in [3.63, 3.8) is 0 Å². The number of para-hydroxylation sites is 2. The molecule has 2 N–H and O–H groups in total. The molecular formula is C30H30N8O2SSe2. The average Bonchev–Trinajstić information content (AvgIpc) is 3.77. The van der Waals surface area contributed by atoms with Crippen molar-refractivity contribution < 1.29 is 9.59 Å². The van der Waals surface area contributed by atoms with Crippen molar-refractivity contribution in [3.8, 4) is 0 Å². The molecule has 0 fully saturated rings. The summed E-state index contributed by atoms with van der Waals surface area (Å²) in [4.78, 5) is 25.4. The minimum absolute atomic E-state index is 0.0550. The summed E-state index contributed by atoms with van der Waals surface area (Å²) in [5.74, 6) is 1.74. The first-order valence-electron chi connectivity index (χ1n) is 13.8. The molecule has 0 atom stereocenters. The van der Waals surface area contributed by atoms with Crippen LogP contribution in [-0.4, -0.2) is 81.9 Å². The van der Waals surface area contributed by atoms with Crippen molar-refractivity contribution in [2.24, 2.45) is 14.1 Å². The van der Waals surface area contributed by atoms with Gasteiger partial charge in [0.05, 0.1) is 0 Å². The number of hydrogen-bond donors (Lipinski definition) is 2. The van der Waals surface area contributed by atoms with E-state index in [0.717, 1.165) is 66.4 Å². The molecule has 0 bridgehead atoms. The number of nitrogens with one attached hydrogen (secondary N) is 2. The Morgan fingerprint density at radius 2 is 1.14 bits per heavy atom. The van der Waals surface area contributed by atoms with Crippen LogP contribution < -0.4 is 10.6 Å². The van der Waals surface area contributed by atoms with Crippen LogP contribution in [0.15, 0.2) is 60.9 Å². The van der Waals surface area contributed by atoms with Gasteiger partial charge in [0.2, 0.25) is 0 Å². The van der Waals surface area contributed by atoms with E-state index in [1.54, 1.807) is 0 Å². The molecule has 4 heterocycles. The molecule has 0 aliphatic rings. The normalized spacial score (nSPS) is 11.4. The van der Waals surface area contributed by atoms with Gasteiger partial charge in [-0.3, -0.25) is 0 Å². The summed E-state index contributed by atoms with van der Waals surface area (Å²) in [6, 6.07) is 16.2. The zero-order chi connectivity index (χ0) is 29.8. The number of aromatic nitrogens is 6. The van der Waals surface area contributed by atoms with Crippen LogP contribution in [0.3, 0.4) is 0 Å². The van der Waals surface area contributed by atoms with Gasteiger partial charge < -0.3 is 0 Å². The van der Waals surface area contributed by atoms with E-state index < -0.39 is 0 Å². The molecule has 0 saturated carbocycles. The Bertz CT molecular complexity index is 1770. The fourth-order valence-corrected chi connectivity index (χ4v) is 9.67. The zero-order valence-corrected chi connectivity index (χ0v) is 28.0. The third kappa shape index (κ3) is 7.20. The Hall–Kier alpha value is -3.47. The first-order valence-corrected chi connectivity index (χ1v) is 18.4. The Balaban J connectivity index is 0.906. The number of hydrogen-bond acceptors (Lipinski definition) is 7. The fourth-order valence-electron chi connectivity index (χ4n) is 5.04. The van der Waals surface area contributed by atoms with Crippen molar-refractivity contribution in [2.75, 3.05) is 22.1 Å². The maximum atomic E-state index is 12.7. The van der Waals surface area contributed by atoms with E-state index in [-0.39, 0.29) is 40.8 Å². The number of fused-ring (bicyclic) bond motifs is 2. The van der Waals surface area contributed by atoms with E-state index in [0.29, 0.717) is 22.2 Å². The van der Waals surface area contributed by atoms with Crippen molar-refractivity contribution in [1.82, 2.24) is 29.5 Å². The van der Waals surface area contributed by atoms with Crippen LogP contribution in [0.5, 0.6) is 0 Å². The fraction of sp³-hybridized carbons (Fsp3) is 0.267. The van der Waals surface area contributed by atoms with Gasteiger partial charge in [0.15, 0.2) is 0 Å². The molecule has 2 amide bonds. The topological polar surface area (TPSA) is 120 Å². The second kappa shape index (κ2) is 13.4.